The smallest absolute Gasteiger partial charge is 0.273 e. The second kappa shape index (κ2) is 8.53. The normalized spacial score (nSPS) is 16.7. The van der Waals surface area contributed by atoms with Gasteiger partial charge in [-0.2, -0.15) is 0 Å². The van der Waals surface area contributed by atoms with Gasteiger partial charge in [-0.05, 0) is 32.2 Å². The van der Waals surface area contributed by atoms with E-state index in [-0.39, 0.29) is 17.6 Å². The van der Waals surface area contributed by atoms with Crippen LogP contribution in [0.5, 0.6) is 0 Å². The first-order valence-corrected chi connectivity index (χ1v) is 9.44. The number of benzene rings is 1. The Morgan fingerprint density at radius 3 is 2.54 bits per heavy atom. The maximum Gasteiger partial charge on any atom is 0.273 e. The lowest BCUT2D eigenvalue weighted by Crippen LogP contribution is -2.48. The Labute approximate surface area is 164 Å². The average Bonchev–Trinajstić information content (AvgIpc) is 3.09. The molecule has 1 atom stereocenters. The van der Waals surface area contributed by atoms with Crippen LogP contribution in [0, 0.1) is 17.0 Å². The van der Waals surface area contributed by atoms with Gasteiger partial charge in [-0.15, -0.1) is 0 Å². The second-order valence-corrected chi connectivity index (χ2v) is 7.37. The Morgan fingerprint density at radius 2 is 1.93 bits per heavy atom. The molecule has 0 aliphatic carbocycles. The van der Waals surface area contributed by atoms with Gasteiger partial charge in [-0.3, -0.25) is 19.8 Å². The predicted octanol–water partition coefficient (Wildman–Crippen LogP) is 1.96. The van der Waals surface area contributed by atoms with Gasteiger partial charge in [0.1, 0.15) is 0 Å². The van der Waals surface area contributed by atoms with Gasteiger partial charge in [0.25, 0.3) is 11.6 Å². The summed E-state index contributed by atoms with van der Waals surface area (Å²) in [6.07, 6.45) is 2.00. The van der Waals surface area contributed by atoms with Crippen LogP contribution in [0.15, 0.2) is 36.5 Å². The van der Waals surface area contributed by atoms with Gasteiger partial charge in [0.2, 0.25) is 0 Å². The molecule has 0 bridgehead atoms. The van der Waals surface area contributed by atoms with Gasteiger partial charge >= 0.3 is 0 Å². The van der Waals surface area contributed by atoms with Crippen molar-refractivity contribution in [2.45, 2.75) is 13.0 Å². The molecule has 2 heterocycles. The zero-order valence-corrected chi connectivity index (χ0v) is 16.6. The highest BCUT2D eigenvalue weighted by molar-refractivity contribution is 5.95. The molecular formula is C20H27N5O3. The molecule has 1 aromatic carbocycles. The minimum absolute atomic E-state index is 0.0364. The molecule has 2 aromatic rings. The van der Waals surface area contributed by atoms with E-state index in [9.17, 15) is 14.9 Å². The Balaban J connectivity index is 1.75. The third-order valence-electron chi connectivity index (χ3n) is 5.43. The first-order chi connectivity index (χ1) is 13.4. The molecule has 0 radical (unpaired) electrons. The van der Waals surface area contributed by atoms with Crippen molar-refractivity contribution in [3.63, 3.8) is 0 Å². The van der Waals surface area contributed by atoms with Crippen molar-refractivity contribution < 1.29 is 9.72 Å². The molecule has 150 valence electrons. The number of likely N-dealkylation sites (N-methyl/N-ethyl adjacent to an activating group) is 1. The van der Waals surface area contributed by atoms with E-state index in [0.717, 1.165) is 31.9 Å². The fourth-order valence-corrected chi connectivity index (χ4v) is 3.61. The number of nitro groups is 1. The molecular weight excluding hydrogens is 358 g/mol. The number of rotatable bonds is 6. The van der Waals surface area contributed by atoms with Gasteiger partial charge < -0.3 is 14.8 Å². The summed E-state index contributed by atoms with van der Waals surface area (Å²) in [5.41, 5.74) is 1.95. The number of aromatic nitrogens is 1. The van der Waals surface area contributed by atoms with Crippen molar-refractivity contribution in [2.75, 3.05) is 39.8 Å². The molecule has 8 nitrogen and oxygen atoms in total. The van der Waals surface area contributed by atoms with E-state index in [2.05, 4.69) is 32.8 Å². The quantitative estimate of drug-likeness (QED) is 0.607. The van der Waals surface area contributed by atoms with E-state index in [0.29, 0.717) is 17.7 Å². The van der Waals surface area contributed by atoms with Crippen molar-refractivity contribution in [1.82, 2.24) is 19.7 Å². The number of carbonyl (C=O) groups excluding carboxylic acids is 1. The molecule has 1 aliphatic rings. The highest BCUT2D eigenvalue weighted by Gasteiger charge is 2.26. The standard InChI is InChI=1S/C20H27N5O3/c1-15-6-7-16(13-18(15)25(27)28)20(26)21-14-19(17-5-4-8-23(17)3)24-11-9-22(2)10-12-24/h4-8,13,19H,9-12,14H2,1-3H3,(H,21,26). The Hall–Kier alpha value is -2.71. The number of amides is 1. The molecule has 1 aromatic heterocycles. The predicted molar refractivity (Wildman–Crippen MR) is 107 cm³/mol. The minimum atomic E-state index is -0.455. The molecule has 0 spiro atoms. The van der Waals surface area contributed by atoms with Gasteiger partial charge in [0, 0.05) is 68.9 Å². The summed E-state index contributed by atoms with van der Waals surface area (Å²) in [7, 11) is 4.12. The number of carbonyl (C=O) groups is 1. The monoisotopic (exact) mass is 385 g/mol. The van der Waals surface area contributed by atoms with Gasteiger partial charge in [-0.1, -0.05) is 6.07 Å². The van der Waals surface area contributed by atoms with Gasteiger partial charge in [0.15, 0.2) is 0 Å². The third kappa shape index (κ3) is 4.40. The third-order valence-corrected chi connectivity index (χ3v) is 5.43. The number of nitrogens with zero attached hydrogens (tertiary/aromatic N) is 4. The highest BCUT2D eigenvalue weighted by Crippen LogP contribution is 2.23. The Morgan fingerprint density at radius 1 is 1.21 bits per heavy atom. The largest absolute Gasteiger partial charge is 0.353 e. The van der Waals surface area contributed by atoms with Crippen LogP contribution in [-0.4, -0.2) is 65.0 Å². The zero-order valence-electron chi connectivity index (χ0n) is 16.6. The van der Waals surface area contributed by atoms with Crippen LogP contribution in [0.25, 0.3) is 0 Å². The molecule has 28 heavy (non-hydrogen) atoms. The van der Waals surface area contributed by atoms with Gasteiger partial charge in [-0.25, -0.2) is 0 Å². The lowest BCUT2D eigenvalue weighted by atomic mass is 10.1. The summed E-state index contributed by atoms with van der Waals surface area (Å²) in [6, 6.07) is 8.72. The fourth-order valence-electron chi connectivity index (χ4n) is 3.61. The molecule has 8 heteroatoms. The number of hydrogen-bond donors (Lipinski definition) is 1. The van der Waals surface area contributed by atoms with Crippen molar-refractivity contribution in [3.05, 3.63) is 63.5 Å². The summed E-state index contributed by atoms with van der Waals surface area (Å²) in [5.74, 6) is -0.295. The van der Waals surface area contributed by atoms with Gasteiger partial charge in [0.05, 0.1) is 11.0 Å². The molecule has 1 fully saturated rings. The van der Waals surface area contributed by atoms with Crippen molar-refractivity contribution >= 4 is 11.6 Å². The summed E-state index contributed by atoms with van der Waals surface area (Å²) in [5, 5.41) is 14.1. The lowest BCUT2D eigenvalue weighted by molar-refractivity contribution is -0.385. The summed E-state index contributed by atoms with van der Waals surface area (Å²) in [4.78, 5) is 28.0. The van der Waals surface area contributed by atoms with Crippen LogP contribution in [0.1, 0.15) is 27.7 Å². The molecule has 1 unspecified atom stereocenters. The van der Waals surface area contributed by atoms with E-state index in [4.69, 9.17) is 0 Å². The van der Waals surface area contributed by atoms with E-state index >= 15 is 0 Å². The van der Waals surface area contributed by atoms with Crippen LogP contribution in [-0.2, 0) is 7.05 Å². The first kappa shape index (κ1) is 20.0. The second-order valence-electron chi connectivity index (χ2n) is 7.37. The number of hydrogen-bond acceptors (Lipinski definition) is 5. The molecule has 1 amide bonds. The fraction of sp³-hybridized carbons (Fsp3) is 0.450. The summed E-state index contributed by atoms with van der Waals surface area (Å²) >= 11 is 0. The topological polar surface area (TPSA) is 83.7 Å². The molecule has 3 rings (SSSR count). The maximum absolute atomic E-state index is 12.7. The van der Waals surface area contributed by atoms with Crippen LogP contribution in [0.4, 0.5) is 5.69 Å². The van der Waals surface area contributed by atoms with Crippen LogP contribution in [0.3, 0.4) is 0 Å². The van der Waals surface area contributed by atoms with Crippen molar-refractivity contribution in [1.29, 1.82) is 0 Å². The molecule has 1 N–H and O–H groups in total. The number of aryl methyl sites for hydroxylation is 2. The van der Waals surface area contributed by atoms with E-state index in [1.165, 1.54) is 6.07 Å². The average molecular weight is 385 g/mol. The maximum atomic E-state index is 12.7. The molecule has 0 saturated carbocycles. The highest BCUT2D eigenvalue weighted by atomic mass is 16.6. The van der Waals surface area contributed by atoms with Crippen molar-refractivity contribution in [3.8, 4) is 0 Å². The zero-order chi connectivity index (χ0) is 20.3. The van der Waals surface area contributed by atoms with Crippen LogP contribution < -0.4 is 5.32 Å². The lowest BCUT2D eigenvalue weighted by Gasteiger charge is -2.38. The molecule has 1 saturated heterocycles. The van der Waals surface area contributed by atoms with E-state index in [1.54, 1.807) is 19.1 Å². The van der Waals surface area contributed by atoms with E-state index < -0.39 is 4.92 Å². The van der Waals surface area contributed by atoms with Crippen LogP contribution in [0.2, 0.25) is 0 Å². The van der Waals surface area contributed by atoms with Crippen LogP contribution >= 0.6 is 0 Å². The van der Waals surface area contributed by atoms with E-state index in [1.807, 2.05) is 19.3 Å². The number of nitro benzene ring substituents is 1. The SMILES string of the molecule is Cc1ccc(C(=O)NCC(c2cccn2C)N2CCN(C)CC2)cc1[N+](=O)[O-]. The van der Waals surface area contributed by atoms with Crippen molar-refractivity contribution in [2.24, 2.45) is 7.05 Å². The number of piperazine rings is 1. The Bertz CT molecular complexity index is 855. The summed E-state index contributed by atoms with van der Waals surface area (Å²) < 4.78 is 2.08. The molecule has 1 aliphatic heterocycles. The summed E-state index contributed by atoms with van der Waals surface area (Å²) in [6.45, 7) is 5.94. The first-order valence-electron chi connectivity index (χ1n) is 9.44. The minimum Gasteiger partial charge on any atom is -0.353 e. The Kier molecular flexibility index (Phi) is 6.11. The number of nitrogens with one attached hydrogen (secondary N) is 1.